The van der Waals surface area contributed by atoms with Crippen LogP contribution >= 0.6 is 0 Å². The van der Waals surface area contributed by atoms with Crippen LogP contribution in [0, 0.1) is 5.41 Å². The van der Waals surface area contributed by atoms with Gasteiger partial charge in [0.25, 0.3) is 0 Å². The minimum atomic E-state index is -5.01. The summed E-state index contributed by atoms with van der Waals surface area (Å²) < 4.78 is 100. The second-order valence-corrected chi connectivity index (χ2v) is 12.8. The van der Waals surface area contributed by atoms with Crippen LogP contribution < -0.4 is 5.73 Å². The molecule has 6 rings (SSSR count). The van der Waals surface area contributed by atoms with E-state index in [9.17, 15) is 31.1 Å². The Morgan fingerprint density at radius 1 is 0.978 bits per heavy atom. The number of aryl methyl sites for hydroxylation is 1. The van der Waals surface area contributed by atoms with Gasteiger partial charge in [-0.25, -0.2) is 9.07 Å². The quantitative estimate of drug-likeness (QED) is 0.237. The van der Waals surface area contributed by atoms with Crippen LogP contribution in [-0.2, 0) is 47.6 Å². The van der Waals surface area contributed by atoms with Gasteiger partial charge < -0.3 is 5.73 Å². The van der Waals surface area contributed by atoms with E-state index >= 15 is 4.39 Å². The number of alkyl halides is 6. The number of hydrogen-bond donors (Lipinski definition) is 1. The van der Waals surface area contributed by atoms with Crippen molar-refractivity contribution >= 4 is 11.5 Å². The third-order valence-corrected chi connectivity index (χ3v) is 9.74. The molecule has 3 heterocycles. The first-order valence-corrected chi connectivity index (χ1v) is 14.5. The van der Waals surface area contributed by atoms with Crippen molar-refractivity contribution in [3.05, 3.63) is 99.1 Å². The average Bonchev–Trinajstić information content (AvgIpc) is 3.44. The maximum atomic E-state index is 16.6. The number of allylic oxidation sites excluding steroid dienone is 2. The minimum Gasteiger partial charge on any atom is -0.369 e. The van der Waals surface area contributed by atoms with Crippen LogP contribution in [-0.4, -0.2) is 20.6 Å². The van der Waals surface area contributed by atoms with E-state index in [1.165, 1.54) is 13.0 Å². The Labute approximate surface area is 255 Å². The number of aromatic nitrogens is 2. The van der Waals surface area contributed by atoms with Gasteiger partial charge >= 0.3 is 12.4 Å². The largest absolute Gasteiger partial charge is 0.416 e. The van der Waals surface area contributed by atoms with Crippen molar-refractivity contribution in [1.29, 1.82) is 0 Å². The lowest BCUT2D eigenvalue weighted by atomic mass is 9.64. The van der Waals surface area contributed by atoms with Gasteiger partial charge in [0.2, 0.25) is 5.91 Å². The Morgan fingerprint density at radius 2 is 1.67 bits per heavy atom. The highest BCUT2D eigenvalue weighted by Crippen LogP contribution is 2.58. The first-order valence-electron chi connectivity index (χ1n) is 14.5. The van der Waals surface area contributed by atoms with Crippen LogP contribution in [0.25, 0.3) is 11.3 Å². The fraction of sp³-hybridized carbons (Fsp3) is 0.394. The molecule has 3 aliphatic rings. The molecule has 5 nitrogen and oxygen atoms in total. The number of fused-ring (bicyclic) bond motifs is 8. The van der Waals surface area contributed by atoms with Crippen LogP contribution in [0.1, 0.15) is 79.4 Å². The number of hydrogen-bond acceptors (Lipinski definition) is 3. The van der Waals surface area contributed by atoms with Gasteiger partial charge in [-0.3, -0.25) is 9.69 Å². The predicted molar refractivity (Wildman–Crippen MR) is 153 cm³/mol. The number of primary amides is 1. The van der Waals surface area contributed by atoms with E-state index < -0.39 is 51.6 Å². The number of halogens is 7. The topological polar surface area (TPSA) is 64.2 Å². The van der Waals surface area contributed by atoms with Crippen molar-refractivity contribution in [2.24, 2.45) is 11.1 Å². The number of nitrogens with zero attached hydrogens (tertiary/aromatic N) is 3. The Balaban J connectivity index is 1.53. The second-order valence-electron chi connectivity index (χ2n) is 12.8. The van der Waals surface area contributed by atoms with Gasteiger partial charge in [0.05, 0.1) is 39.2 Å². The third-order valence-electron chi connectivity index (χ3n) is 9.74. The van der Waals surface area contributed by atoms with Gasteiger partial charge in [0.15, 0.2) is 0 Å². The van der Waals surface area contributed by atoms with Gasteiger partial charge in [0, 0.05) is 29.8 Å². The van der Waals surface area contributed by atoms with Gasteiger partial charge in [-0.1, -0.05) is 43.3 Å². The van der Waals surface area contributed by atoms with Crippen LogP contribution in [0.15, 0.2) is 54.4 Å². The van der Waals surface area contributed by atoms with Crippen LogP contribution in [0.5, 0.6) is 0 Å². The Morgan fingerprint density at radius 3 is 2.27 bits per heavy atom. The monoisotopic (exact) mass is 632 g/mol. The third kappa shape index (κ3) is 4.31. The zero-order chi connectivity index (χ0) is 33.1. The maximum Gasteiger partial charge on any atom is 0.416 e. The smallest absolute Gasteiger partial charge is 0.369 e. The van der Waals surface area contributed by atoms with Gasteiger partial charge in [-0.15, -0.1) is 0 Å². The van der Waals surface area contributed by atoms with E-state index in [2.05, 4.69) is 0 Å². The van der Waals surface area contributed by atoms with Crippen molar-refractivity contribution in [3.8, 4) is 5.69 Å². The number of benzene rings is 2. The van der Waals surface area contributed by atoms with Gasteiger partial charge in [0.1, 0.15) is 11.2 Å². The number of carbonyl (C=O) groups is 1. The molecule has 45 heavy (non-hydrogen) atoms. The van der Waals surface area contributed by atoms with Crippen molar-refractivity contribution in [1.82, 2.24) is 14.7 Å². The summed E-state index contributed by atoms with van der Waals surface area (Å²) in [6.45, 7) is 8.56. The molecule has 2 N–H and O–H groups in total. The van der Waals surface area contributed by atoms with E-state index in [1.807, 2.05) is 26.0 Å². The molecule has 2 aliphatic heterocycles. The molecule has 238 valence electrons. The summed E-state index contributed by atoms with van der Waals surface area (Å²) in [6, 6.07) is 7.17. The maximum absolute atomic E-state index is 16.6. The van der Waals surface area contributed by atoms with Crippen molar-refractivity contribution in [2.75, 3.05) is 0 Å². The Bertz CT molecular complexity index is 1830. The molecule has 0 bridgehead atoms. The minimum absolute atomic E-state index is 0.102. The van der Waals surface area contributed by atoms with Gasteiger partial charge in [-0.2, -0.15) is 31.4 Å². The van der Waals surface area contributed by atoms with Crippen LogP contribution in [0.2, 0.25) is 0 Å². The highest BCUT2D eigenvalue weighted by atomic mass is 19.4. The van der Waals surface area contributed by atoms with Crippen LogP contribution in [0.3, 0.4) is 0 Å². The zero-order valence-electron chi connectivity index (χ0n) is 25.2. The van der Waals surface area contributed by atoms with Crippen molar-refractivity contribution < 1.29 is 35.5 Å². The fourth-order valence-electron chi connectivity index (χ4n) is 7.03. The second kappa shape index (κ2) is 9.54. The average molecular weight is 633 g/mol. The fourth-order valence-corrected chi connectivity index (χ4v) is 7.03. The van der Waals surface area contributed by atoms with Gasteiger partial charge in [-0.05, 0) is 57.4 Å². The van der Waals surface area contributed by atoms with E-state index in [0.717, 1.165) is 11.6 Å². The SMILES string of the molecule is CCc1cccc2c1-n1nc3c(c1C1(C)C=CC(C)(C(N)=O)C(F)=C21)CN(Cc1ccc(C(F)(F)F)cc1C(F)(F)F)C3(C)C. The molecule has 2 atom stereocenters. The number of rotatable bonds is 4. The van der Waals surface area contributed by atoms with E-state index in [4.69, 9.17) is 10.8 Å². The number of para-hydroxylation sites is 1. The molecular formula is C33H31F7N4O. The summed E-state index contributed by atoms with van der Waals surface area (Å²) >= 11 is 0. The molecule has 0 radical (unpaired) electrons. The molecule has 0 fully saturated rings. The number of carbonyl (C=O) groups excluding carboxylic acids is 1. The Kier molecular flexibility index (Phi) is 6.59. The summed E-state index contributed by atoms with van der Waals surface area (Å²) in [7, 11) is 0. The summed E-state index contributed by atoms with van der Waals surface area (Å²) in [5.74, 6) is -1.54. The molecule has 1 aliphatic carbocycles. The van der Waals surface area contributed by atoms with E-state index in [0.29, 0.717) is 40.7 Å². The van der Waals surface area contributed by atoms with E-state index in [1.54, 1.807) is 35.6 Å². The highest BCUT2D eigenvalue weighted by Gasteiger charge is 2.54. The molecule has 1 amide bonds. The zero-order valence-corrected chi connectivity index (χ0v) is 25.2. The first-order chi connectivity index (χ1) is 20.8. The summed E-state index contributed by atoms with van der Waals surface area (Å²) in [5.41, 5.74) is 3.07. The summed E-state index contributed by atoms with van der Waals surface area (Å²) in [6.07, 6.45) is -6.18. The molecular weight excluding hydrogens is 601 g/mol. The standard InChI is InChI=1S/C33H31F7N4O/c1-6-17-8-7-9-20-23-25(34)31(5,28(41)45)13-12-30(23,4)27-21-16-43(29(2,3)26(21)42-44(27)24(17)20)15-18-10-11-19(32(35,36)37)14-22(18)33(38,39)40/h7-14H,6,15-16H2,1-5H3,(H2,41,45). The van der Waals surface area contributed by atoms with E-state index in [-0.39, 0.29) is 30.3 Å². The van der Waals surface area contributed by atoms with Crippen molar-refractivity contribution in [2.45, 2.75) is 77.4 Å². The molecule has 12 heteroatoms. The normalized spacial score (nSPS) is 23.9. The molecule has 3 aromatic rings. The number of amides is 1. The molecule has 2 aromatic carbocycles. The summed E-state index contributed by atoms with van der Waals surface area (Å²) in [4.78, 5) is 14.2. The number of nitrogens with two attached hydrogens (primary N) is 1. The lowest BCUT2D eigenvalue weighted by Gasteiger charge is -2.43. The molecule has 0 saturated carbocycles. The molecule has 0 saturated heterocycles. The lowest BCUT2D eigenvalue weighted by molar-refractivity contribution is -0.143. The summed E-state index contributed by atoms with van der Waals surface area (Å²) in [5, 5.41) is 5.01. The molecule has 0 spiro atoms. The molecule has 2 unspecified atom stereocenters. The van der Waals surface area contributed by atoms with Crippen molar-refractivity contribution in [3.63, 3.8) is 0 Å². The lowest BCUT2D eigenvalue weighted by Crippen LogP contribution is -2.42. The van der Waals surface area contributed by atoms with Crippen LogP contribution in [0.4, 0.5) is 30.7 Å². The molecule has 1 aromatic heterocycles. The predicted octanol–water partition coefficient (Wildman–Crippen LogP) is 7.74. The Hall–Kier alpha value is -3.93. The highest BCUT2D eigenvalue weighted by molar-refractivity contribution is 5.95. The first kappa shape index (κ1) is 31.1.